The number of nitrogens with zero attached hydrogens (tertiary/aromatic N) is 2. The van der Waals surface area contributed by atoms with Crippen LogP contribution >= 0.6 is 11.8 Å². The average Bonchev–Trinajstić information content (AvgIpc) is 2.96. The van der Waals surface area contributed by atoms with E-state index in [0.29, 0.717) is 18.0 Å². The molecular weight excluding hydrogens is 336 g/mol. The van der Waals surface area contributed by atoms with Crippen LogP contribution in [0.25, 0.3) is 0 Å². The van der Waals surface area contributed by atoms with Crippen molar-refractivity contribution in [3.05, 3.63) is 53.6 Å². The molecule has 2 aliphatic heterocycles. The summed E-state index contributed by atoms with van der Waals surface area (Å²) in [5, 5.41) is 0. The van der Waals surface area contributed by atoms with Crippen molar-refractivity contribution in [1.29, 1.82) is 0 Å². The van der Waals surface area contributed by atoms with Crippen molar-refractivity contribution in [3.8, 4) is 0 Å². The molecule has 1 saturated heterocycles. The molecule has 0 aliphatic carbocycles. The molecule has 2 unspecified atom stereocenters. The standard InChI is InChI=1S/C23H30N2S/c1-5-17(3)25-14-13-21-20(15-25)19-7-6-8-22(23(19)24(21)4)26-18-11-9-16(2)10-12-18/h6-12,17,20-21H,5,13-15H2,1-4H3/t17?,20?,21-/m0/s1. The monoisotopic (exact) mass is 366 g/mol. The van der Waals surface area contributed by atoms with Crippen LogP contribution < -0.4 is 4.90 Å². The Morgan fingerprint density at radius 2 is 1.92 bits per heavy atom. The molecule has 26 heavy (non-hydrogen) atoms. The lowest BCUT2D eigenvalue weighted by atomic mass is 9.88. The van der Waals surface area contributed by atoms with E-state index < -0.39 is 0 Å². The SMILES string of the molecule is CCC(C)N1CC[C@H]2C(C1)c1cccc(Sc3ccc(C)cc3)c1N2C. The molecule has 0 N–H and O–H groups in total. The smallest absolute Gasteiger partial charge is 0.0544 e. The molecule has 0 spiro atoms. The van der Waals surface area contributed by atoms with Crippen molar-refractivity contribution in [3.63, 3.8) is 0 Å². The summed E-state index contributed by atoms with van der Waals surface area (Å²) in [7, 11) is 2.31. The second kappa shape index (κ2) is 7.28. The lowest BCUT2D eigenvalue weighted by Crippen LogP contribution is -2.48. The van der Waals surface area contributed by atoms with Gasteiger partial charge in [0.05, 0.1) is 5.69 Å². The predicted octanol–water partition coefficient (Wildman–Crippen LogP) is 5.55. The Morgan fingerprint density at radius 1 is 1.15 bits per heavy atom. The molecule has 2 nitrogen and oxygen atoms in total. The molecule has 0 saturated carbocycles. The van der Waals surface area contributed by atoms with Crippen molar-refractivity contribution >= 4 is 17.4 Å². The summed E-state index contributed by atoms with van der Waals surface area (Å²) in [5.41, 5.74) is 4.35. The molecule has 0 bridgehead atoms. The summed E-state index contributed by atoms with van der Waals surface area (Å²) in [4.78, 5) is 8.00. The van der Waals surface area contributed by atoms with Gasteiger partial charge in [-0.05, 0) is 50.5 Å². The fourth-order valence-electron chi connectivity index (χ4n) is 4.59. The Kier molecular flexibility index (Phi) is 5.02. The van der Waals surface area contributed by atoms with E-state index in [1.54, 1.807) is 5.56 Å². The minimum Gasteiger partial charge on any atom is -0.370 e. The highest BCUT2D eigenvalue weighted by Crippen LogP contribution is 2.49. The van der Waals surface area contributed by atoms with Crippen LogP contribution in [0.1, 0.15) is 43.7 Å². The van der Waals surface area contributed by atoms with Gasteiger partial charge >= 0.3 is 0 Å². The molecule has 3 atom stereocenters. The summed E-state index contributed by atoms with van der Waals surface area (Å²) in [6, 6.07) is 17.2. The second-order valence-electron chi connectivity index (χ2n) is 7.93. The quantitative estimate of drug-likeness (QED) is 0.700. The van der Waals surface area contributed by atoms with Crippen molar-refractivity contribution in [2.75, 3.05) is 25.0 Å². The number of hydrogen-bond donors (Lipinski definition) is 0. The van der Waals surface area contributed by atoms with Crippen LogP contribution in [-0.4, -0.2) is 37.1 Å². The number of rotatable bonds is 4. The van der Waals surface area contributed by atoms with E-state index in [1.807, 2.05) is 11.8 Å². The zero-order valence-corrected chi connectivity index (χ0v) is 17.2. The van der Waals surface area contributed by atoms with Gasteiger partial charge in [0, 0.05) is 47.9 Å². The van der Waals surface area contributed by atoms with Crippen LogP contribution in [0.15, 0.2) is 52.3 Å². The first-order chi connectivity index (χ1) is 12.6. The zero-order chi connectivity index (χ0) is 18.3. The first-order valence-corrected chi connectivity index (χ1v) is 10.7. The van der Waals surface area contributed by atoms with Crippen molar-refractivity contribution in [1.82, 2.24) is 4.90 Å². The molecular formula is C23H30N2S. The number of likely N-dealkylation sites (N-methyl/N-ethyl adjacent to an activating group) is 1. The summed E-state index contributed by atoms with van der Waals surface area (Å²) >= 11 is 1.91. The molecule has 2 aromatic rings. The van der Waals surface area contributed by atoms with E-state index in [1.165, 1.54) is 47.0 Å². The Morgan fingerprint density at radius 3 is 2.65 bits per heavy atom. The number of hydrogen-bond acceptors (Lipinski definition) is 3. The third-order valence-electron chi connectivity index (χ3n) is 6.35. The Bertz CT molecular complexity index is 770. The highest BCUT2D eigenvalue weighted by atomic mass is 32.2. The third kappa shape index (κ3) is 3.16. The summed E-state index contributed by atoms with van der Waals surface area (Å²) < 4.78 is 0. The Labute approximate surface area is 162 Å². The molecule has 2 aliphatic rings. The number of anilines is 1. The largest absolute Gasteiger partial charge is 0.370 e. The van der Waals surface area contributed by atoms with Crippen molar-refractivity contribution < 1.29 is 0 Å². The van der Waals surface area contributed by atoms with Gasteiger partial charge in [-0.2, -0.15) is 0 Å². The van der Waals surface area contributed by atoms with Crippen LogP contribution in [-0.2, 0) is 0 Å². The zero-order valence-electron chi connectivity index (χ0n) is 16.4. The van der Waals surface area contributed by atoms with E-state index in [0.717, 1.165) is 0 Å². The maximum atomic E-state index is 2.70. The summed E-state index contributed by atoms with van der Waals surface area (Å²) in [6.07, 6.45) is 2.51. The van der Waals surface area contributed by atoms with E-state index in [9.17, 15) is 0 Å². The number of benzene rings is 2. The topological polar surface area (TPSA) is 6.48 Å². The van der Waals surface area contributed by atoms with Gasteiger partial charge in [-0.15, -0.1) is 0 Å². The summed E-state index contributed by atoms with van der Waals surface area (Å²) in [6.45, 7) is 9.27. The Balaban J connectivity index is 1.64. The molecule has 0 aromatic heterocycles. The molecule has 4 rings (SSSR count). The molecule has 3 heteroatoms. The predicted molar refractivity (Wildman–Crippen MR) is 113 cm³/mol. The van der Waals surface area contributed by atoms with Gasteiger partial charge in [-0.3, -0.25) is 4.90 Å². The number of para-hydroxylation sites is 1. The minimum atomic E-state index is 0.649. The molecule has 0 radical (unpaired) electrons. The molecule has 2 heterocycles. The second-order valence-corrected chi connectivity index (χ2v) is 9.05. The highest BCUT2D eigenvalue weighted by molar-refractivity contribution is 7.99. The highest BCUT2D eigenvalue weighted by Gasteiger charge is 2.41. The molecule has 2 aromatic carbocycles. The van der Waals surface area contributed by atoms with Crippen LogP contribution in [0.4, 0.5) is 5.69 Å². The first kappa shape index (κ1) is 17.9. The number of aryl methyl sites for hydroxylation is 1. The van der Waals surface area contributed by atoms with Gasteiger partial charge in [0.25, 0.3) is 0 Å². The lowest BCUT2D eigenvalue weighted by Gasteiger charge is -2.40. The summed E-state index contributed by atoms with van der Waals surface area (Å²) in [5.74, 6) is 0.649. The maximum Gasteiger partial charge on any atom is 0.0544 e. The van der Waals surface area contributed by atoms with Gasteiger partial charge in [-0.1, -0.05) is 48.5 Å². The average molecular weight is 367 g/mol. The molecule has 138 valence electrons. The first-order valence-electron chi connectivity index (χ1n) is 9.92. The van der Waals surface area contributed by atoms with Crippen LogP contribution in [0.5, 0.6) is 0 Å². The van der Waals surface area contributed by atoms with Crippen LogP contribution in [0.3, 0.4) is 0 Å². The maximum absolute atomic E-state index is 2.70. The fourth-order valence-corrected chi connectivity index (χ4v) is 5.62. The molecule has 1 fully saturated rings. The normalized spacial score (nSPS) is 23.6. The van der Waals surface area contributed by atoms with Gasteiger partial charge in [-0.25, -0.2) is 0 Å². The number of piperidine rings is 1. The molecule has 0 amide bonds. The van der Waals surface area contributed by atoms with E-state index >= 15 is 0 Å². The van der Waals surface area contributed by atoms with Gasteiger partial charge in [0.2, 0.25) is 0 Å². The number of fused-ring (bicyclic) bond motifs is 3. The van der Waals surface area contributed by atoms with Crippen molar-refractivity contribution in [2.45, 2.75) is 61.4 Å². The number of likely N-dealkylation sites (tertiary alicyclic amines) is 1. The van der Waals surface area contributed by atoms with Crippen LogP contribution in [0.2, 0.25) is 0 Å². The fraction of sp³-hybridized carbons (Fsp3) is 0.478. The van der Waals surface area contributed by atoms with Crippen molar-refractivity contribution in [2.24, 2.45) is 0 Å². The van der Waals surface area contributed by atoms with Gasteiger partial charge in [0.15, 0.2) is 0 Å². The van der Waals surface area contributed by atoms with Crippen LogP contribution in [0, 0.1) is 6.92 Å². The third-order valence-corrected chi connectivity index (χ3v) is 7.41. The lowest BCUT2D eigenvalue weighted by molar-refractivity contribution is 0.145. The Hall–Kier alpha value is -1.45. The van der Waals surface area contributed by atoms with Gasteiger partial charge < -0.3 is 4.90 Å². The van der Waals surface area contributed by atoms with E-state index in [4.69, 9.17) is 0 Å². The van der Waals surface area contributed by atoms with E-state index in [2.05, 4.69) is 80.1 Å². The van der Waals surface area contributed by atoms with E-state index in [-0.39, 0.29) is 0 Å². The minimum absolute atomic E-state index is 0.649. The van der Waals surface area contributed by atoms with Gasteiger partial charge in [0.1, 0.15) is 0 Å².